The SMILES string of the molecule is CC(NC(=O)C(=O)NCC(N)=S)c1ccc(Cl)cc1Cl. The molecule has 0 fully saturated rings. The fourth-order valence-electron chi connectivity index (χ4n) is 1.44. The second-order valence-electron chi connectivity index (χ2n) is 4.01. The van der Waals surface area contributed by atoms with Crippen LogP contribution >= 0.6 is 35.4 Å². The summed E-state index contributed by atoms with van der Waals surface area (Å²) in [5.74, 6) is -1.60. The van der Waals surface area contributed by atoms with Crippen LogP contribution in [0.1, 0.15) is 18.5 Å². The maximum Gasteiger partial charge on any atom is 0.309 e. The number of carbonyl (C=O) groups is 2. The summed E-state index contributed by atoms with van der Waals surface area (Å²) in [6, 6.07) is 4.46. The van der Waals surface area contributed by atoms with Gasteiger partial charge >= 0.3 is 11.8 Å². The summed E-state index contributed by atoms with van der Waals surface area (Å²) in [7, 11) is 0. The van der Waals surface area contributed by atoms with E-state index in [0.717, 1.165) is 0 Å². The number of carbonyl (C=O) groups excluding carboxylic acids is 2. The van der Waals surface area contributed by atoms with Crippen LogP contribution in [-0.2, 0) is 9.59 Å². The number of nitrogens with two attached hydrogens (primary N) is 1. The van der Waals surface area contributed by atoms with Crippen molar-refractivity contribution >= 4 is 52.2 Å². The lowest BCUT2D eigenvalue weighted by Crippen LogP contribution is -2.43. The fourth-order valence-corrected chi connectivity index (χ4v) is 2.08. The van der Waals surface area contributed by atoms with Crippen molar-refractivity contribution in [2.45, 2.75) is 13.0 Å². The Hall–Kier alpha value is -1.37. The number of halogens is 2. The van der Waals surface area contributed by atoms with Crippen molar-refractivity contribution in [2.75, 3.05) is 6.54 Å². The van der Waals surface area contributed by atoms with Gasteiger partial charge in [-0.1, -0.05) is 41.5 Å². The Morgan fingerprint density at radius 1 is 1.35 bits per heavy atom. The van der Waals surface area contributed by atoms with E-state index >= 15 is 0 Å². The topological polar surface area (TPSA) is 84.2 Å². The van der Waals surface area contributed by atoms with Crippen molar-refractivity contribution in [3.8, 4) is 0 Å². The first-order valence-corrected chi connectivity index (χ1v) is 6.79. The predicted molar refractivity (Wildman–Crippen MR) is 82.8 cm³/mol. The summed E-state index contributed by atoms with van der Waals surface area (Å²) in [6.45, 7) is 1.67. The van der Waals surface area contributed by atoms with Gasteiger partial charge in [-0.25, -0.2) is 0 Å². The van der Waals surface area contributed by atoms with Gasteiger partial charge in [0.2, 0.25) is 0 Å². The second kappa shape index (κ2) is 7.42. The first kappa shape index (κ1) is 16.7. The molecule has 0 bridgehead atoms. The average Bonchev–Trinajstić information content (AvgIpc) is 2.35. The highest BCUT2D eigenvalue weighted by molar-refractivity contribution is 7.80. The van der Waals surface area contributed by atoms with Gasteiger partial charge in [-0.15, -0.1) is 0 Å². The summed E-state index contributed by atoms with van der Waals surface area (Å²) < 4.78 is 0. The Labute approximate surface area is 131 Å². The van der Waals surface area contributed by atoms with Crippen LogP contribution in [0.5, 0.6) is 0 Å². The van der Waals surface area contributed by atoms with Gasteiger partial charge in [0.25, 0.3) is 0 Å². The highest BCUT2D eigenvalue weighted by atomic mass is 35.5. The zero-order chi connectivity index (χ0) is 15.3. The van der Waals surface area contributed by atoms with E-state index in [1.807, 2.05) is 0 Å². The fraction of sp³-hybridized carbons (Fsp3) is 0.250. The molecular weight excluding hydrogens is 321 g/mol. The standard InChI is InChI=1S/C12H13Cl2N3O2S/c1-6(8-3-2-7(13)4-9(8)14)17-12(19)11(18)16-5-10(15)20/h2-4,6H,5H2,1H3,(H2,15,20)(H,16,18)(H,17,19). The van der Waals surface area contributed by atoms with Crippen molar-refractivity contribution in [3.63, 3.8) is 0 Å². The first-order valence-electron chi connectivity index (χ1n) is 5.63. The zero-order valence-corrected chi connectivity index (χ0v) is 12.9. The molecule has 1 aromatic carbocycles. The number of hydrogen-bond donors (Lipinski definition) is 3. The van der Waals surface area contributed by atoms with Crippen LogP contribution < -0.4 is 16.4 Å². The van der Waals surface area contributed by atoms with Crippen LogP contribution in [-0.4, -0.2) is 23.3 Å². The molecule has 0 radical (unpaired) electrons. The van der Waals surface area contributed by atoms with E-state index in [-0.39, 0.29) is 11.5 Å². The largest absolute Gasteiger partial charge is 0.392 e. The van der Waals surface area contributed by atoms with Crippen LogP contribution in [0.25, 0.3) is 0 Å². The number of rotatable bonds is 4. The van der Waals surface area contributed by atoms with Gasteiger partial charge < -0.3 is 16.4 Å². The third kappa shape index (κ3) is 4.96. The van der Waals surface area contributed by atoms with E-state index in [1.54, 1.807) is 25.1 Å². The van der Waals surface area contributed by atoms with Crippen LogP contribution in [0, 0.1) is 0 Å². The van der Waals surface area contributed by atoms with Crippen LogP contribution in [0.3, 0.4) is 0 Å². The van der Waals surface area contributed by atoms with E-state index in [0.29, 0.717) is 15.6 Å². The molecule has 1 aromatic rings. The molecule has 1 rings (SSSR count). The zero-order valence-electron chi connectivity index (χ0n) is 10.6. The van der Waals surface area contributed by atoms with Crippen molar-refractivity contribution in [1.29, 1.82) is 0 Å². The molecule has 0 saturated carbocycles. The van der Waals surface area contributed by atoms with E-state index in [4.69, 9.17) is 28.9 Å². The monoisotopic (exact) mass is 333 g/mol. The molecule has 0 aliphatic heterocycles. The number of nitrogens with one attached hydrogen (secondary N) is 2. The average molecular weight is 334 g/mol. The van der Waals surface area contributed by atoms with Crippen molar-refractivity contribution < 1.29 is 9.59 Å². The second-order valence-corrected chi connectivity index (χ2v) is 5.38. The molecule has 0 saturated heterocycles. The Kier molecular flexibility index (Phi) is 6.19. The Bertz CT molecular complexity index is 552. The Balaban J connectivity index is 2.65. The molecule has 108 valence electrons. The molecular formula is C12H13Cl2N3O2S. The van der Waals surface area contributed by atoms with Crippen molar-refractivity contribution in [1.82, 2.24) is 10.6 Å². The highest BCUT2D eigenvalue weighted by Gasteiger charge is 2.18. The third-order valence-electron chi connectivity index (χ3n) is 2.41. The molecule has 5 nitrogen and oxygen atoms in total. The number of amides is 2. The lowest BCUT2D eigenvalue weighted by Gasteiger charge is -2.15. The summed E-state index contributed by atoms with van der Waals surface area (Å²) >= 11 is 16.4. The molecule has 1 unspecified atom stereocenters. The summed E-state index contributed by atoms with van der Waals surface area (Å²) in [5.41, 5.74) is 5.88. The minimum atomic E-state index is -0.810. The van der Waals surface area contributed by atoms with E-state index in [9.17, 15) is 9.59 Å². The number of hydrogen-bond acceptors (Lipinski definition) is 3. The van der Waals surface area contributed by atoms with Gasteiger partial charge in [0.05, 0.1) is 17.6 Å². The maximum absolute atomic E-state index is 11.6. The van der Waals surface area contributed by atoms with Gasteiger partial charge in [0, 0.05) is 10.0 Å². The molecule has 2 amide bonds. The first-order chi connectivity index (χ1) is 9.31. The van der Waals surface area contributed by atoms with Gasteiger partial charge in [0.1, 0.15) is 0 Å². The van der Waals surface area contributed by atoms with Crippen molar-refractivity contribution in [2.24, 2.45) is 5.73 Å². The molecule has 0 heterocycles. The van der Waals surface area contributed by atoms with E-state index < -0.39 is 17.9 Å². The quantitative estimate of drug-likeness (QED) is 0.576. The smallest absolute Gasteiger partial charge is 0.309 e. The Morgan fingerprint density at radius 3 is 2.55 bits per heavy atom. The van der Waals surface area contributed by atoms with Gasteiger partial charge in [-0.2, -0.15) is 0 Å². The molecule has 8 heteroatoms. The van der Waals surface area contributed by atoms with Crippen molar-refractivity contribution in [3.05, 3.63) is 33.8 Å². The molecule has 20 heavy (non-hydrogen) atoms. The minimum Gasteiger partial charge on any atom is -0.392 e. The van der Waals surface area contributed by atoms with Gasteiger partial charge in [0.15, 0.2) is 0 Å². The van der Waals surface area contributed by atoms with Crippen LogP contribution in [0.15, 0.2) is 18.2 Å². The number of benzene rings is 1. The molecule has 0 aliphatic carbocycles. The maximum atomic E-state index is 11.6. The third-order valence-corrected chi connectivity index (χ3v) is 3.11. The molecule has 0 spiro atoms. The van der Waals surface area contributed by atoms with Crippen LogP contribution in [0.2, 0.25) is 10.0 Å². The normalized spacial score (nSPS) is 11.6. The summed E-state index contributed by atoms with van der Waals surface area (Å²) in [5, 5.41) is 5.71. The summed E-state index contributed by atoms with van der Waals surface area (Å²) in [4.78, 5) is 23.2. The molecule has 0 aliphatic rings. The minimum absolute atomic E-state index is 0.0301. The summed E-state index contributed by atoms with van der Waals surface area (Å²) in [6.07, 6.45) is 0. The van der Waals surface area contributed by atoms with E-state index in [1.165, 1.54) is 0 Å². The molecule has 1 atom stereocenters. The number of thiocarbonyl (C=S) groups is 1. The van der Waals surface area contributed by atoms with Gasteiger partial charge in [-0.05, 0) is 24.6 Å². The lowest BCUT2D eigenvalue weighted by atomic mass is 10.1. The Morgan fingerprint density at radius 2 is 2.00 bits per heavy atom. The lowest BCUT2D eigenvalue weighted by molar-refractivity contribution is -0.139. The van der Waals surface area contributed by atoms with Gasteiger partial charge in [-0.3, -0.25) is 9.59 Å². The molecule has 0 aromatic heterocycles. The van der Waals surface area contributed by atoms with E-state index in [2.05, 4.69) is 22.9 Å². The molecule has 4 N–H and O–H groups in total. The predicted octanol–water partition coefficient (Wildman–Crippen LogP) is 1.57. The highest BCUT2D eigenvalue weighted by Crippen LogP contribution is 2.25. The van der Waals surface area contributed by atoms with Crippen LogP contribution in [0.4, 0.5) is 0 Å².